The number of piperazine rings is 1. The Bertz CT molecular complexity index is 1060. The maximum atomic E-state index is 13.1. The second kappa shape index (κ2) is 8.89. The molecule has 4 rings (SSSR count). The lowest BCUT2D eigenvalue weighted by Gasteiger charge is -2.34. The fourth-order valence-electron chi connectivity index (χ4n) is 4.29. The molecule has 0 atom stereocenters. The molecule has 1 aliphatic rings. The average molecular weight is 424 g/mol. The van der Waals surface area contributed by atoms with Crippen molar-refractivity contribution in [3.8, 4) is 17.2 Å². The molecular formula is C24H29N3O4. The first kappa shape index (κ1) is 21.1. The van der Waals surface area contributed by atoms with Crippen molar-refractivity contribution >= 4 is 16.8 Å². The second-order valence-electron chi connectivity index (χ2n) is 7.76. The van der Waals surface area contributed by atoms with E-state index in [-0.39, 0.29) is 5.91 Å². The van der Waals surface area contributed by atoms with Crippen LogP contribution >= 0.6 is 0 Å². The molecule has 7 heteroatoms. The summed E-state index contributed by atoms with van der Waals surface area (Å²) in [7, 11) is 6.74. The molecule has 1 amide bonds. The highest BCUT2D eigenvalue weighted by molar-refractivity contribution is 5.95. The van der Waals surface area contributed by atoms with Gasteiger partial charge in [0.1, 0.15) is 0 Å². The molecule has 0 bridgehead atoms. The van der Waals surface area contributed by atoms with E-state index in [0.29, 0.717) is 35.9 Å². The number of hydrogen-bond donors (Lipinski definition) is 0. The third kappa shape index (κ3) is 4.05. The number of amides is 1. The van der Waals surface area contributed by atoms with Crippen LogP contribution in [0.5, 0.6) is 17.2 Å². The fraction of sp³-hybridized carbons (Fsp3) is 0.375. The molecular weight excluding hydrogens is 394 g/mol. The molecule has 0 saturated carbocycles. The van der Waals surface area contributed by atoms with Gasteiger partial charge in [0.25, 0.3) is 5.91 Å². The van der Waals surface area contributed by atoms with E-state index in [1.807, 2.05) is 4.90 Å². The number of fused-ring (bicyclic) bond motifs is 1. The van der Waals surface area contributed by atoms with Gasteiger partial charge in [-0.15, -0.1) is 0 Å². The van der Waals surface area contributed by atoms with Crippen LogP contribution in [-0.2, 0) is 13.6 Å². The lowest BCUT2D eigenvalue weighted by atomic mass is 10.1. The second-order valence-corrected chi connectivity index (χ2v) is 7.76. The molecule has 0 aliphatic carbocycles. The zero-order chi connectivity index (χ0) is 22.0. The minimum Gasteiger partial charge on any atom is -0.493 e. The Balaban J connectivity index is 1.44. The molecule has 1 saturated heterocycles. The number of hydrogen-bond acceptors (Lipinski definition) is 5. The van der Waals surface area contributed by atoms with Gasteiger partial charge < -0.3 is 23.7 Å². The van der Waals surface area contributed by atoms with Gasteiger partial charge in [-0.05, 0) is 23.8 Å². The highest BCUT2D eigenvalue weighted by Crippen LogP contribution is 2.38. The standard InChI is InChI=1S/C24H29N3O4/c1-25-15-18(19-7-5-6-8-20(19)25)16-26-9-11-27(12-10-26)24(28)17-13-21(29-2)23(31-4)22(14-17)30-3/h5-8,13-15H,9-12,16H2,1-4H3. The van der Waals surface area contributed by atoms with E-state index in [1.54, 1.807) is 33.5 Å². The molecule has 3 aromatic rings. The average Bonchev–Trinajstić information content (AvgIpc) is 3.13. The smallest absolute Gasteiger partial charge is 0.254 e. The van der Waals surface area contributed by atoms with Gasteiger partial charge in [-0.1, -0.05) is 18.2 Å². The number of para-hydroxylation sites is 1. The zero-order valence-corrected chi connectivity index (χ0v) is 18.6. The predicted octanol–water partition coefficient (Wildman–Crippen LogP) is 3.16. The summed E-state index contributed by atoms with van der Waals surface area (Å²) in [5.74, 6) is 1.44. The Kier molecular flexibility index (Phi) is 6.04. The Labute approximate surface area is 182 Å². The van der Waals surface area contributed by atoms with E-state index >= 15 is 0 Å². The highest BCUT2D eigenvalue weighted by Gasteiger charge is 2.25. The summed E-state index contributed by atoms with van der Waals surface area (Å²) in [6.07, 6.45) is 2.21. The molecule has 2 aromatic carbocycles. The summed E-state index contributed by atoms with van der Waals surface area (Å²) in [6, 6.07) is 11.9. The molecule has 1 fully saturated rings. The Morgan fingerprint density at radius 1 is 0.935 bits per heavy atom. The van der Waals surface area contributed by atoms with Crippen LogP contribution in [0.4, 0.5) is 0 Å². The normalized spacial score (nSPS) is 14.6. The molecule has 31 heavy (non-hydrogen) atoms. The monoisotopic (exact) mass is 423 g/mol. The Hall–Kier alpha value is -3.19. The maximum absolute atomic E-state index is 13.1. The summed E-state index contributed by atoms with van der Waals surface area (Å²) in [6.45, 7) is 3.91. The first-order valence-corrected chi connectivity index (χ1v) is 10.4. The van der Waals surface area contributed by atoms with Crippen molar-refractivity contribution in [1.82, 2.24) is 14.4 Å². The zero-order valence-electron chi connectivity index (χ0n) is 18.6. The van der Waals surface area contributed by atoms with E-state index in [1.165, 1.54) is 16.5 Å². The van der Waals surface area contributed by atoms with E-state index in [0.717, 1.165) is 19.6 Å². The minimum atomic E-state index is -0.0240. The van der Waals surface area contributed by atoms with Gasteiger partial charge in [0, 0.05) is 62.4 Å². The number of carbonyl (C=O) groups is 1. The summed E-state index contributed by atoms with van der Waals surface area (Å²) in [4.78, 5) is 17.4. The quantitative estimate of drug-likeness (QED) is 0.610. The lowest BCUT2D eigenvalue weighted by molar-refractivity contribution is 0.0628. The van der Waals surface area contributed by atoms with Crippen LogP contribution in [0.2, 0.25) is 0 Å². The van der Waals surface area contributed by atoms with Gasteiger partial charge in [-0.2, -0.15) is 0 Å². The number of rotatable bonds is 6. The molecule has 0 unspecified atom stereocenters. The Morgan fingerprint density at radius 2 is 1.58 bits per heavy atom. The van der Waals surface area contributed by atoms with Crippen molar-refractivity contribution in [3.63, 3.8) is 0 Å². The summed E-state index contributed by atoms with van der Waals surface area (Å²) >= 11 is 0. The molecule has 2 heterocycles. The summed E-state index contributed by atoms with van der Waals surface area (Å²) in [5, 5.41) is 1.29. The first-order valence-electron chi connectivity index (χ1n) is 10.4. The highest BCUT2D eigenvalue weighted by atomic mass is 16.5. The van der Waals surface area contributed by atoms with Crippen molar-refractivity contribution in [3.05, 3.63) is 53.7 Å². The number of ether oxygens (including phenoxy) is 3. The van der Waals surface area contributed by atoms with Gasteiger partial charge in [0.05, 0.1) is 21.3 Å². The first-order chi connectivity index (χ1) is 15.0. The van der Waals surface area contributed by atoms with Crippen molar-refractivity contribution < 1.29 is 19.0 Å². The van der Waals surface area contributed by atoms with Crippen molar-refractivity contribution in [2.75, 3.05) is 47.5 Å². The molecule has 0 N–H and O–H groups in total. The number of aromatic nitrogens is 1. The predicted molar refractivity (Wildman–Crippen MR) is 120 cm³/mol. The van der Waals surface area contributed by atoms with Gasteiger partial charge >= 0.3 is 0 Å². The van der Waals surface area contributed by atoms with Crippen LogP contribution in [-0.4, -0.2) is 67.8 Å². The minimum absolute atomic E-state index is 0.0240. The van der Waals surface area contributed by atoms with E-state index in [4.69, 9.17) is 14.2 Å². The Morgan fingerprint density at radius 3 is 2.19 bits per heavy atom. The van der Waals surface area contributed by atoms with Crippen molar-refractivity contribution in [1.29, 1.82) is 0 Å². The third-order valence-electron chi connectivity index (χ3n) is 5.94. The lowest BCUT2D eigenvalue weighted by Crippen LogP contribution is -2.48. The molecule has 0 radical (unpaired) electrons. The van der Waals surface area contributed by atoms with Crippen LogP contribution in [0.15, 0.2) is 42.6 Å². The SMILES string of the molecule is COc1cc(C(=O)N2CCN(Cc3cn(C)c4ccccc34)CC2)cc(OC)c1OC. The fourth-order valence-corrected chi connectivity index (χ4v) is 4.29. The third-order valence-corrected chi connectivity index (χ3v) is 5.94. The van der Waals surface area contributed by atoms with Gasteiger partial charge in [0.2, 0.25) is 5.75 Å². The van der Waals surface area contributed by atoms with Gasteiger partial charge in [-0.3, -0.25) is 9.69 Å². The number of methoxy groups -OCH3 is 3. The number of aryl methyl sites for hydroxylation is 1. The van der Waals surface area contributed by atoms with Gasteiger partial charge in [-0.25, -0.2) is 0 Å². The summed E-state index contributed by atoms with van der Waals surface area (Å²) in [5.41, 5.74) is 3.10. The largest absolute Gasteiger partial charge is 0.493 e. The van der Waals surface area contributed by atoms with Crippen molar-refractivity contribution in [2.24, 2.45) is 7.05 Å². The van der Waals surface area contributed by atoms with Gasteiger partial charge in [0.15, 0.2) is 11.5 Å². The summed E-state index contributed by atoms with van der Waals surface area (Å²) < 4.78 is 18.3. The van der Waals surface area contributed by atoms with Crippen LogP contribution < -0.4 is 14.2 Å². The van der Waals surface area contributed by atoms with Crippen LogP contribution in [0.25, 0.3) is 10.9 Å². The van der Waals surface area contributed by atoms with E-state index in [9.17, 15) is 4.79 Å². The number of benzene rings is 2. The van der Waals surface area contributed by atoms with E-state index in [2.05, 4.69) is 47.0 Å². The number of carbonyl (C=O) groups excluding carboxylic acids is 1. The molecule has 7 nitrogen and oxygen atoms in total. The molecule has 0 spiro atoms. The maximum Gasteiger partial charge on any atom is 0.254 e. The van der Waals surface area contributed by atoms with Crippen molar-refractivity contribution in [2.45, 2.75) is 6.54 Å². The van der Waals surface area contributed by atoms with E-state index < -0.39 is 0 Å². The van der Waals surface area contributed by atoms with Crippen LogP contribution in [0.3, 0.4) is 0 Å². The van der Waals surface area contributed by atoms with Crippen LogP contribution in [0, 0.1) is 0 Å². The number of nitrogens with zero attached hydrogens (tertiary/aromatic N) is 3. The molecule has 1 aliphatic heterocycles. The van der Waals surface area contributed by atoms with Crippen LogP contribution in [0.1, 0.15) is 15.9 Å². The molecule has 164 valence electrons. The topological polar surface area (TPSA) is 56.2 Å². The molecule has 1 aromatic heterocycles.